The van der Waals surface area contributed by atoms with E-state index in [-0.39, 0.29) is 17.8 Å². The van der Waals surface area contributed by atoms with E-state index in [1.807, 2.05) is 0 Å². The minimum absolute atomic E-state index is 0.189. The van der Waals surface area contributed by atoms with Crippen molar-refractivity contribution >= 4 is 11.7 Å². The highest BCUT2D eigenvalue weighted by atomic mass is 19.4. The van der Waals surface area contributed by atoms with Crippen molar-refractivity contribution in [2.45, 2.75) is 58.3 Å². The lowest BCUT2D eigenvalue weighted by Gasteiger charge is -2.36. The average molecular weight is 332 g/mol. The lowest BCUT2D eigenvalue weighted by molar-refractivity contribution is -0.142. The summed E-state index contributed by atoms with van der Waals surface area (Å²) in [5.41, 5.74) is 0.285. The number of nitrogens with one attached hydrogen (secondary N) is 1. The highest BCUT2D eigenvalue weighted by Gasteiger charge is 2.29. The maximum atomic E-state index is 12.4. The molecule has 0 aliphatic carbocycles. The largest absolute Gasteiger partial charge is 0.408 e. The Morgan fingerprint density at radius 3 is 2.83 bits per heavy atom. The topological polar surface area (TPSA) is 50.2 Å². The van der Waals surface area contributed by atoms with Gasteiger partial charge in [-0.05, 0) is 31.6 Å². The summed E-state index contributed by atoms with van der Waals surface area (Å²) in [7, 11) is 0. The van der Waals surface area contributed by atoms with Crippen LogP contribution in [0.2, 0.25) is 0 Å². The van der Waals surface area contributed by atoms with Crippen molar-refractivity contribution < 1.29 is 18.0 Å². The Balaban J connectivity index is 1.97. The molecule has 8 heteroatoms. The van der Waals surface area contributed by atoms with Crippen molar-refractivity contribution in [1.82, 2.24) is 14.7 Å². The Hall–Kier alpha value is -1.73. The first-order valence-corrected chi connectivity index (χ1v) is 7.91. The van der Waals surface area contributed by atoms with Gasteiger partial charge in [0, 0.05) is 18.8 Å². The van der Waals surface area contributed by atoms with Gasteiger partial charge in [-0.3, -0.25) is 4.68 Å². The smallest absolute Gasteiger partial charge is 0.322 e. The number of nitrogens with zero attached hydrogens (tertiary/aromatic N) is 3. The van der Waals surface area contributed by atoms with Gasteiger partial charge in [0.05, 0.1) is 11.9 Å². The molecule has 1 aliphatic rings. The van der Waals surface area contributed by atoms with Crippen molar-refractivity contribution in [2.24, 2.45) is 5.92 Å². The zero-order valence-electron chi connectivity index (χ0n) is 13.4. The zero-order valence-corrected chi connectivity index (χ0v) is 13.4. The highest BCUT2D eigenvalue weighted by Crippen LogP contribution is 2.24. The summed E-state index contributed by atoms with van der Waals surface area (Å²) in [6, 6.07) is -0.0733. The second-order valence-electron chi connectivity index (χ2n) is 6.44. The number of halogens is 3. The minimum atomic E-state index is -4.33. The monoisotopic (exact) mass is 332 g/mol. The van der Waals surface area contributed by atoms with Gasteiger partial charge in [-0.2, -0.15) is 18.3 Å². The van der Waals surface area contributed by atoms with Crippen LogP contribution in [0.15, 0.2) is 12.4 Å². The lowest BCUT2D eigenvalue weighted by Crippen LogP contribution is -2.46. The van der Waals surface area contributed by atoms with Crippen LogP contribution < -0.4 is 5.32 Å². The molecule has 1 aromatic heterocycles. The van der Waals surface area contributed by atoms with Gasteiger partial charge in [-0.25, -0.2) is 4.79 Å². The molecule has 0 bridgehead atoms. The first-order valence-electron chi connectivity index (χ1n) is 7.91. The summed E-state index contributed by atoms with van der Waals surface area (Å²) in [4.78, 5) is 14.2. The number of piperidine rings is 1. The Morgan fingerprint density at radius 2 is 2.17 bits per heavy atom. The molecule has 0 unspecified atom stereocenters. The Labute approximate surface area is 133 Å². The number of hydrogen-bond donors (Lipinski definition) is 1. The Kier molecular flexibility index (Phi) is 5.54. The number of anilines is 1. The third-order valence-electron chi connectivity index (χ3n) is 3.86. The third kappa shape index (κ3) is 5.44. The van der Waals surface area contributed by atoms with E-state index in [0.717, 1.165) is 30.4 Å². The summed E-state index contributed by atoms with van der Waals surface area (Å²) >= 11 is 0. The summed E-state index contributed by atoms with van der Waals surface area (Å²) in [6.45, 7) is 3.75. The fraction of sp³-hybridized carbons (Fsp3) is 0.733. The number of hydrogen-bond acceptors (Lipinski definition) is 2. The summed E-state index contributed by atoms with van der Waals surface area (Å²) in [6.07, 6.45) is 2.07. The van der Waals surface area contributed by atoms with Crippen LogP contribution in [-0.4, -0.2) is 39.5 Å². The quantitative estimate of drug-likeness (QED) is 0.910. The van der Waals surface area contributed by atoms with E-state index >= 15 is 0 Å². The predicted molar refractivity (Wildman–Crippen MR) is 81.1 cm³/mol. The summed E-state index contributed by atoms with van der Waals surface area (Å²) in [5.74, 6) is 0.489. The fourth-order valence-electron chi connectivity index (χ4n) is 2.95. The Bertz CT molecular complexity index is 527. The van der Waals surface area contributed by atoms with E-state index in [0.29, 0.717) is 12.5 Å². The van der Waals surface area contributed by atoms with Crippen molar-refractivity contribution in [1.29, 1.82) is 0 Å². The maximum Gasteiger partial charge on any atom is 0.408 e. The van der Waals surface area contributed by atoms with Crippen LogP contribution in [-0.2, 0) is 6.54 Å². The van der Waals surface area contributed by atoms with Gasteiger partial charge in [0.1, 0.15) is 6.54 Å². The highest BCUT2D eigenvalue weighted by molar-refractivity contribution is 5.89. The molecule has 1 aliphatic heterocycles. The van der Waals surface area contributed by atoms with Crippen molar-refractivity contribution in [3.8, 4) is 0 Å². The van der Waals surface area contributed by atoms with E-state index in [1.165, 1.54) is 12.4 Å². The van der Waals surface area contributed by atoms with Gasteiger partial charge in [-0.1, -0.05) is 13.8 Å². The zero-order chi connectivity index (χ0) is 17.0. The molecule has 1 saturated heterocycles. The maximum absolute atomic E-state index is 12.4. The van der Waals surface area contributed by atoms with Crippen LogP contribution >= 0.6 is 0 Å². The number of alkyl halides is 3. The van der Waals surface area contributed by atoms with E-state index in [1.54, 1.807) is 4.90 Å². The third-order valence-corrected chi connectivity index (χ3v) is 3.86. The van der Waals surface area contributed by atoms with Gasteiger partial charge < -0.3 is 10.2 Å². The van der Waals surface area contributed by atoms with E-state index in [2.05, 4.69) is 24.3 Å². The molecular formula is C15H23F3N4O. The standard InChI is InChI=1S/C15H23F3N4O/c1-11(2)7-13-5-3-4-6-22(13)14(23)20-12-8-19-21(9-12)10-15(16,17)18/h8-9,11,13H,3-7,10H2,1-2H3,(H,20,23)/t13-/m1/s1. The molecule has 130 valence electrons. The molecule has 1 N–H and O–H groups in total. The second kappa shape index (κ2) is 7.23. The average Bonchev–Trinajstić information content (AvgIpc) is 2.83. The number of carbonyl (C=O) groups is 1. The summed E-state index contributed by atoms with van der Waals surface area (Å²) < 4.78 is 37.7. The molecule has 0 radical (unpaired) electrons. The molecule has 0 aromatic carbocycles. The van der Waals surface area contributed by atoms with Crippen LogP contribution in [0.4, 0.5) is 23.7 Å². The summed E-state index contributed by atoms with van der Waals surface area (Å²) in [5, 5.41) is 6.29. The number of carbonyl (C=O) groups excluding carboxylic acids is 1. The fourth-order valence-corrected chi connectivity index (χ4v) is 2.95. The Morgan fingerprint density at radius 1 is 1.43 bits per heavy atom. The second-order valence-corrected chi connectivity index (χ2v) is 6.44. The molecule has 2 rings (SSSR count). The van der Waals surface area contributed by atoms with E-state index < -0.39 is 12.7 Å². The van der Waals surface area contributed by atoms with Gasteiger partial charge in [-0.15, -0.1) is 0 Å². The molecular weight excluding hydrogens is 309 g/mol. The molecule has 0 spiro atoms. The first-order chi connectivity index (χ1) is 10.7. The van der Waals surface area contributed by atoms with Crippen LogP contribution in [0.3, 0.4) is 0 Å². The van der Waals surface area contributed by atoms with Crippen molar-refractivity contribution in [2.75, 3.05) is 11.9 Å². The van der Waals surface area contributed by atoms with Gasteiger partial charge >= 0.3 is 12.2 Å². The van der Waals surface area contributed by atoms with Gasteiger partial charge in [0.25, 0.3) is 0 Å². The van der Waals surface area contributed by atoms with Gasteiger partial charge in [0.15, 0.2) is 0 Å². The molecule has 5 nitrogen and oxygen atoms in total. The molecule has 2 heterocycles. The van der Waals surface area contributed by atoms with Crippen LogP contribution in [0.25, 0.3) is 0 Å². The molecule has 23 heavy (non-hydrogen) atoms. The van der Waals surface area contributed by atoms with Crippen LogP contribution in [0, 0.1) is 5.92 Å². The van der Waals surface area contributed by atoms with Crippen LogP contribution in [0.5, 0.6) is 0 Å². The number of likely N-dealkylation sites (tertiary alicyclic amines) is 1. The number of rotatable bonds is 4. The number of urea groups is 1. The molecule has 1 fully saturated rings. The first kappa shape index (κ1) is 17.6. The number of amides is 2. The lowest BCUT2D eigenvalue weighted by atomic mass is 9.94. The molecule has 1 atom stereocenters. The molecule has 2 amide bonds. The predicted octanol–water partition coefficient (Wildman–Crippen LogP) is 3.88. The van der Waals surface area contributed by atoms with Crippen molar-refractivity contribution in [3.63, 3.8) is 0 Å². The van der Waals surface area contributed by atoms with Crippen LogP contribution in [0.1, 0.15) is 39.5 Å². The van der Waals surface area contributed by atoms with E-state index in [4.69, 9.17) is 0 Å². The minimum Gasteiger partial charge on any atom is -0.322 e. The molecule has 0 saturated carbocycles. The van der Waals surface area contributed by atoms with Crippen molar-refractivity contribution in [3.05, 3.63) is 12.4 Å². The van der Waals surface area contributed by atoms with Gasteiger partial charge in [0.2, 0.25) is 0 Å². The molecule has 1 aromatic rings. The van der Waals surface area contributed by atoms with E-state index in [9.17, 15) is 18.0 Å². The SMILES string of the molecule is CC(C)C[C@H]1CCCCN1C(=O)Nc1cnn(CC(F)(F)F)c1. The number of aromatic nitrogens is 2. The normalized spacial score (nSPS) is 19.2.